The average Bonchev–Trinajstić information content (AvgIpc) is 3.34. The van der Waals surface area contributed by atoms with Crippen LogP contribution in [-0.2, 0) is 11.2 Å². The van der Waals surface area contributed by atoms with E-state index in [1.54, 1.807) is 0 Å². The van der Waals surface area contributed by atoms with Gasteiger partial charge >= 0.3 is 0 Å². The summed E-state index contributed by atoms with van der Waals surface area (Å²) >= 11 is 0. The third-order valence-corrected chi connectivity index (χ3v) is 11.1. The maximum atomic E-state index is 10.4. The lowest BCUT2D eigenvalue weighted by Crippen LogP contribution is -2.59. The first-order valence-electron chi connectivity index (χ1n) is 13.3. The van der Waals surface area contributed by atoms with E-state index in [1.165, 1.54) is 32.1 Å². The molecule has 4 saturated carbocycles. The molecule has 1 aromatic rings. The fourth-order valence-electron chi connectivity index (χ4n) is 9.39. The highest BCUT2D eigenvalue weighted by Gasteiger charge is 2.63. The second-order valence-electron chi connectivity index (χ2n) is 12.4. The summed E-state index contributed by atoms with van der Waals surface area (Å²) in [7, 11) is 1.94. The van der Waals surface area contributed by atoms with Crippen molar-refractivity contribution in [2.75, 3.05) is 7.11 Å². The molecule has 4 fully saturated rings. The van der Waals surface area contributed by atoms with Gasteiger partial charge in [-0.25, -0.2) is 0 Å². The summed E-state index contributed by atoms with van der Waals surface area (Å²) in [5.74, 6) is 5.75. The largest absolute Gasteiger partial charge is 0.426 e. The maximum Gasteiger partial charge on any atom is 0.216 e. The smallest absolute Gasteiger partial charge is 0.216 e. The van der Waals surface area contributed by atoms with Crippen molar-refractivity contribution in [3.8, 4) is 0 Å². The van der Waals surface area contributed by atoms with Gasteiger partial charge in [0, 0.05) is 20.5 Å². The van der Waals surface area contributed by atoms with Crippen molar-refractivity contribution in [3.63, 3.8) is 0 Å². The van der Waals surface area contributed by atoms with Gasteiger partial charge in [0.1, 0.15) is 0 Å². The maximum absolute atomic E-state index is 10.4. The fraction of sp³-hybridized carbons (Fsp3) is 0.926. The lowest BCUT2D eigenvalue weighted by atomic mass is 9.43. The summed E-state index contributed by atoms with van der Waals surface area (Å²) in [5.41, 5.74) is 0.805. The summed E-state index contributed by atoms with van der Waals surface area (Å²) in [5, 5.41) is 18.6. The van der Waals surface area contributed by atoms with E-state index in [0.29, 0.717) is 40.6 Å². The van der Waals surface area contributed by atoms with Crippen molar-refractivity contribution in [1.82, 2.24) is 10.2 Å². The second-order valence-corrected chi connectivity index (χ2v) is 12.4. The van der Waals surface area contributed by atoms with E-state index in [1.807, 2.05) is 14.0 Å². The number of aryl methyl sites for hydroxylation is 2. The molecule has 5 nitrogen and oxygen atoms in total. The van der Waals surface area contributed by atoms with Gasteiger partial charge in [0.05, 0.1) is 12.2 Å². The lowest BCUT2D eigenvalue weighted by Gasteiger charge is -2.63. The molecule has 0 spiro atoms. The number of aliphatic hydroxyl groups is 1. The van der Waals surface area contributed by atoms with Crippen LogP contribution in [0.1, 0.15) is 90.3 Å². The molecule has 0 amide bonds. The summed E-state index contributed by atoms with van der Waals surface area (Å²) < 4.78 is 11.9. The van der Waals surface area contributed by atoms with Crippen LogP contribution in [0.2, 0.25) is 0 Å². The van der Waals surface area contributed by atoms with Crippen molar-refractivity contribution in [2.24, 2.45) is 46.3 Å². The number of hydrogen-bond donors (Lipinski definition) is 1. The summed E-state index contributed by atoms with van der Waals surface area (Å²) in [6.45, 7) is 9.51. The Morgan fingerprint density at radius 2 is 1.81 bits per heavy atom. The Hall–Kier alpha value is -0.940. The SMILES string of the molecule is CO[C@@H]1C[C@@H]2C[C@H](O)CC[C@]2(C)[C@H]2CC[C@]3(C)[C@@H]([C@H](C)CCc4nnc(C)o4)CC[C@H]3[C@H]12. The number of aromatic nitrogens is 2. The molecule has 0 bridgehead atoms. The Morgan fingerprint density at radius 3 is 2.53 bits per heavy atom. The Labute approximate surface area is 194 Å². The van der Waals surface area contributed by atoms with E-state index in [4.69, 9.17) is 9.15 Å². The minimum Gasteiger partial charge on any atom is -0.426 e. The molecule has 0 saturated heterocycles. The fourth-order valence-corrected chi connectivity index (χ4v) is 9.39. The zero-order chi connectivity index (χ0) is 22.7. The highest BCUT2D eigenvalue weighted by atomic mass is 16.5. The topological polar surface area (TPSA) is 68.4 Å². The highest BCUT2D eigenvalue weighted by Crippen LogP contribution is 2.68. The molecule has 32 heavy (non-hydrogen) atoms. The molecule has 0 aromatic carbocycles. The van der Waals surface area contributed by atoms with E-state index in [-0.39, 0.29) is 6.10 Å². The molecule has 0 radical (unpaired) electrons. The van der Waals surface area contributed by atoms with Gasteiger partial charge in [0.15, 0.2) is 0 Å². The van der Waals surface area contributed by atoms with Crippen LogP contribution in [0.15, 0.2) is 4.42 Å². The number of aliphatic hydroxyl groups excluding tert-OH is 1. The van der Waals surface area contributed by atoms with Crippen LogP contribution in [-0.4, -0.2) is 34.6 Å². The third kappa shape index (κ3) is 3.57. The van der Waals surface area contributed by atoms with E-state index >= 15 is 0 Å². The average molecular weight is 445 g/mol. The number of rotatable bonds is 5. The van der Waals surface area contributed by atoms with Crippen molar-refractivity contribution < 1.29 is 14.3 Å². The number of ether oxygens (including phenoxy) is 1. The molecular formula is C27H44N2O3. The standard InChI is InChI=1S/C27H44N2O3/c1-16(6-9-24-29-28-17(2)32-24)20-7-8-21-25-22(11-13-27(20,21)4)26(3)12-10-19(30)14-18(26)15-23(25)31-5/h16,18-23,25,30H,6-15H2,1-5H3/t16-,18+,19-,20-,21+,22+,23-,25+,26+,27-/m1/s1. The van der Waals surface area contributed by atoms with E-state index in [2.05, 4.69) is 31.0 Å². The normalized spacial score (nSPS) is 46.9. The Bertz CT molecular complexity index is 811. The highest BCUT2D eigenvalue weighted by molar-refractivity contribution is 5.12. The molecular weight excluding hydrogens is 400 g/mol. The number of fused-ring (bicyclic) bond motifs is 5. The zero-order valence-corrected chi connectivity index (χ0v) is 20.8. The molecule has 1 N–H and O–H groups in total. The van der Waals surface area contributed by atoms with Gasteiger partial charge in [-0.3, -0.25) is 0 Å². The van der Waals surface area contributed by atoms with E-state index in [9.17, 15) is 5.11 Å². The molecule has 0 aliphatic heterocycles. The van der Waals surface area contributed by atoms with E-state index < -0.39 is 0 Å². The number of hydrogen-bond acceptors (Lipinski definition) is 5. The van der Waals surface area contributed by atoms with Gasteiger partial charge in [-0.15, -0.1) is 10.2 Å². The van der Waals surface area contributed by atoms with Crippen LogP contribution >= 0.6 is 0 Å². The molecule has 180 valence electrons. The third-order valence-electron chi connectivity index (χ3n) is 11.1. The Kier molecular flexibility index (Phi) is 5.97. The van der Waals surface area contributed by atoms with Crippen molar-refractivity contribution in [3.05, 3.63) is 11.8 Å². The van der Waals surface area contributed by atoms with Crippen LogP contribution in [0.5, 0.6) is 0 Å². The monoisotopic (exact) mass is 444 g/mol. The van der Waals surface area contributed by atoms with Crippen molar-refractivity contribution >= 4 is 0 Å². The molecule has 1 heterocycles. The number of methoxy groups -OCH3 is 1. The molecule has 4 aliphatic rings. The molecule has 1 aromatic heterocycles. The van der Waals surface area contributed by atoms with Crippen molar-refractivity contribution in [1.29, 1.82) is 0 Å². The van der Waals surface area contributed by atoms with Crippen LogP contribution in [0.25, 0.3) is 0 Å². The minimum atomic E-state index is -0.102. The van der Waals surface area contributed by atoms with Crippen molar-refractivity contribution in [2.45, 2.75) is 104 Å². The first kappa shape index (κ1) is 22.8. The van der Waals surface area contributed by atoms with Crippen LogP contribution in [0.3, 0.4) is 0 Å². The first-order valence-corrected chi connectivity index (χ1v) is 13.3. The summed E-state index contributed by atoms with van der Waals surface area (Å²) in [4.78, 5) is 0. The second kappa shape index (κ2) is 8.37. The van der Waals surface area contributed by atoms with Gasteiger partial charge < -0.3 is 14.3 Å². The lowest BCUT2D eigenvalue weighted by molar-refractivity contribution is -0.181. The summed E-state index contributed by atoms with van der Waals surface area (Å²) in [6.07, 6.45) is 12.0. The van der Waals surface area contributed by atoms with Gasteiger partial charge in [0.2, 0.25) is 11.8 Å². The summed E-state index contributed by atoms with van der Waals surface area (Å²) in [6, 6.07) is 0. The molecule has 10 atom stereocenters. The Morgan fingerprint density at radius 1 is 1.06 bits per heavy atom. The predicted molar refractivity (Wildman–Crippen MR) is 124 cm³/mol. The molecule has 5 heteroatoms. The van der Waals surface area contributed by atoms with Gasteiger partial charge in [0.25, 0.3) is 0 Å². The minimum absolute atomic E-state index is 0.102. The molecule has 4 aliphatic carbocycles. The first-order chi connectivity index (χ1) is 15.3. The van der Waals surface area contributed by atoms with Gasteiger partial charge in [-0.1, -0.05) is 20.8 Å². The van der Waals surface area contributed by atoms with Crippen LogP contribution < -0.4 is 0 Å². The quantitative estimate of drug-likeness (QED) is 0.641. The predicted octanol–water partition coefficient (Wildman–Crippen LogP) is 5.59. The van der Waals surface area contributed by atoms with E-state index in [0.717, 1.165) is 55.7 Å². The zero-order valence-electron chi connectivity index (χ0n) is 20.8. The molecule has 0 unspecified atom stereocenters. The van der Waals surface area contributed by atoms with Crippen LogP contribution in [0, 0.1) is 53.3 Å². The number of nitrogens with zero attached hydrogens (tertiary/aromatic N) is 2. The van der Waals surface area contributed by atoms with Gasteiger partial charge in [-0.2, -0.15) is 0 Å². The van der Waals surface area contributed by atoms with Gasteiger partial charge in [-0.05, 0) is 104 Å². The molecule has 5 rings (SSSR count). The van der Waals surface area contributed by atoms with Crippen LogP contribution in [0.4, 0.5) is 0 Å². The Balaban J connectivity index is 1.34.